The van der Waals surface area contributed by atoms with Crippen molar-refractivity contribution in [2.75, 3.05) is 7.05 Å². The molecule has 1 aromatic carbocycles. The number of rotatable bonds is 2. The van der Waals surface area contributed by atoms with Crippen molar-refractivity contribution in [3.63, 3.8) is 0 Å². The summed E-state index contributed by atoms with van der Waals surface area (Å²) in [5.74, 6) is 0. The van der Waals surface area contributed by atoms with Gasteiger partial charge in [0.1, 0.15) is 27.9 Å². The number of hydrogen-bond donors (Lipinski definition) is 0. The van der Waals surface area contributed by atoms with E-state index in [0.717, 1.165) is 8.08 Å². The molecule has 100 valence electrons. The van der Waals surface area contributed by atoms with Crippen molar-refractivity contribution in [3.05, 3.63) is 47.2 Å². The molecule has 0 N–H and O–H groups in total. The first kappa shape index (κ1) is 13.3. The minimum absolute atomic E-state index is 0.453. The lowest BCUT2D eigenvalue weighted by molar-refractivity contribution is -0.765. The first-order chi connectivity index (χ1) is 9.13. The van der Waals surface area contributed by atoms with Crippen molar-refractivity contribution < 1.29 is 3.89 Å². The zero-order chi connectivity index (χ0) is 13.5. The molecule has 0 radical (unpaired) electrons. The quantitative estimate of drug-likeness (QED) is 0.426. The van der Waals surface area contributed by atoms with Crippen molar-refractivity contribution in [1.82, 2.24) is 0 Å². The maximum atomic E-state index is 5.62. The molecule has 1 nitrogen and oxygen atoms in total. The zero-order valence-electron chi connectivity index (χ0n) is 11.6. The molecular formula is C16H20NS2+. The van der Waals surface area contributed by atoms with Crippen LogP contribution in [0.25, 0.3) is 0 Å². The van der Waals surface area contributed by atoms with Gasteiger partial charge in [0.2, 0.25) is 0 Å². The van der Waals surface area contributed by atoms with Gasteiger partial charge in [-0.25, -0.2) is 3.89 Å². The molecule has 1 aliphatic heterocycles. The molecule has 0 spiro atoms. The smallest absolute Gasteiger partial charge is 0.138 e. The summed E-state index contributed by atoms with van der Waals surface area (Å²) >= 11 is 7.50. The Morgan fingerprint density at radius 3 is 2.58 bits per heavy atom. The normalized spacial score (nSPS) is 28.4. The van der Waals surface area contributed by atoms with Crippen LogP contribution in [0.3, 0.4) is 0 Å². The van der Waals surface area contributed by atoms with E-state index in [1.807, 2.05) is 11.9 Å². The average molecular weight is 290 g/mol. The van der Waals surface area contributed by atoms with E-state index in [1.54, 1.807) is 5.70 Å². The van der Waals surface area contributed by atoms with E-state index in [1.165, 1.54) is 36.8 Å². The number of hydrogen-bond acceptors (Lipinski definition) is 2. The summed E-state index contributed by atoms with van der Waals surface area (Å²) < 4.78 is 2.07. The van der Waals surface area contributed by atoms with E-state index in [2.05, 4.69) is 44.3 Å². The van der Waals surface area contributed by atoms with Gasteiger partial charge in [0.15, 0.2) is 0 Å². The maximum Gasteiger partial charge on any atom is 0.138 e. The highest BCUT2D eigenvalue weighted by atomic mass is 32.2. The number of quaternary nitrogens is 1. The van der Waals surface area contributed by atoms with Crippen LogP contribution in [0.4, 0.5) is 0 Å². The van der Waals surface area contributed by atoms with E-state index in [4.69, 9.17) is 12.2 Å². The highest BCUT2D eigenvalue weighted by Gasteiger charge is 2.47. The van der Waals surface area contributed by atoms with Crippen LogP contribution in [-0.2, 0) is 0 Å². The van der Waals surface area contributed by atoms with Gasteiger partial charge >= 0.3 is 0 Å². The lowest BCUT2D eigenvalue weighted by Gasteiger charge is -2.36. The monoisotopic (exact) mass is 290 g/mol. The molecule has 0 saturated carbocycles. The average Bonchev–Trinajstić information content (AvgIpc) is 2.72. The van der Waals surface area contributed by atoms with Crippen molar-refractivity contribution in [2.24, 2.45) is 0 Å². The second-order valence-electron chi connectivity index (χ2n) is 5.59. The molecule has 2 aliphatic rings. The van der Waals surface area contributed by atoms with E-state index < -0.39 is 0 Å². The van der Waals surface area contributed by atoms with E-state index in [0.29, 0.717) is 6.04 Å². The molecule has 19 heavy (non-hydrogen) atoms. The van der Waals surface area contributed by atoms with Gasteiger partial charge in [-0.05, 0) is 26.2 Å². The Labute approximate surface area is 125 Å². The highest BCUT2D eigenvalue weighted by molar-refractivity contribution is 8.20. The minimum Gasteiger partial charge on any atom is -0.224 e. The Morgan fingerprint density at radius 1 is 1.16 bits per heavy atom. The first-order valence-corrected chi connectivity index (χ1v) is 8.19. The SMILES string of the molecule is C[C@@H](c1ccccc1)[N+]1(C)SC(=S)C2=C1CCCC2. The van der Waals surface area contributed by atoms with Crippen molar-refractivity contribution >= 4 is 28.4 Å². The molecule has 1 heterocycles. The Hall–Kier alpha value is -0.640. The molecule has 0 saturated heterocycles. The van der Waals surface area contributed by atoms with Crippen LogP contribution in [0.5, 0.6) is 0 Å². The molecule has 3 heteroatoms. The van der Waals surface area contributed by atoms with Gasteiger partial charge in [-0.2, -0.15) is 0 Å². The molecule has 0 fully saturated rings. The lowest BCUT2D eigenvalue weighted by Crippen LogP contribution is -2.36. The van der Waals surface area contributed by atoms with Crippen molar-refractivity contribution in [1.29, 1.82) is 0 Å². The minimum atomic E-state index is 0.453. The Morgan fingerprint density at radius 2 is 1.84 bits per heavy atom. The zero-order valence-corrected chi connectivity index (χ0v) is 13.2. The fourth-order valence-corrected chi connectivity index (χ4v) is 5.16. The molecule has 1 aromatic rings. The molecule has 2 atom stereocenters. The fraction of sp³-hybridized carbons (Fsp3) is 0.438. The number of allylic oxidation sites excluding steroid dienone is 1. The van der Waals surface area contributed by atoms with Crippen molar-refractivity contribution in [3.8, 4) is 0 Å². The summed E-state index contributed by atoms with van der Waals surface area (Å²) in [4.78, 5) is 0. The topological polar surface area (TPSA) is 0 Å². The van der Waals surface area contributed by atoms with E-state index in [-0.39, 0.29) is 0 Å². The van der Waals surface area contributed by atoms with Crippen LogP contribution in [0, 0.1) is 0 Å². The van der Waals surface area contributed by atoms with Gasteiger partial charge in [-0.1, -0.05) is 42.5 Å². The third kappa shape index (κ3) is 2.18. The maximum absolute atomic E-state index is 5.62. The Balaban J connectivity index is 2.00. The summed E-state index contributed by atoms with van der Waals surface area (Å²) in [6.45, 7) is 2.33. The summed E-state index contributed by atoms with van der Waals surface area (Å²) in [7, 11) is 2.34. The van der Waals surface area contributed by atoms with Gasteiger partial charge < -0.3 is 0 Å². The predicted molar refractivity (Wildman–Crippen MR) is 86.7 cm³/mol. The lowest BCUT2D eigenvalue weighted by atomic mass is 9.95. The van der Waals surface area contributed by atoms with Gasteiger partial charge in [-0.3, -0.25) is 0 Å². The summed E-state index contributed by atoms with van der Waals surface area (Å²) in [5, 5.41) is 0. The molecule has 0 bridgehead atoms. The Kier molecular flexibility index (Phi) is 3.54. The summed E-state index contributed by atoms with van der Waals surface area (Å²) in [5.41, 5.74) is 4.47. The standard InChI is InChI=1S/C16H20NS2/c1-12(13-8-4-3-5-9-13)17(2)15-11-7-6-10-14(15)16(18)19-17/h3-5,8-9,12H,6-7,10-11H2,1-2H3/q+1/t12-,17?/m0/s1. The van der Waals surface area contributed by atoms with Crippen LogP contribution >= 0.6 is 24.2 Å². The highest BCUT2D eigenvalue weighted by Crippen LogP contribution is 2.52. The third-order valence-electron chi connectivity index (χ3n) is 4.51. The second-order valence-corrected chi connectivity index (χ2v) is 7.60. The molecule has 0 aromatic heterocycles. The van der Waals surface area contributed by atoms with Crippen LogP contribution < -0.4 is 0 Å². The second kappa shape index (κ2) is 5.04. The summed E-state index contributed by atoms with van der Waals surface area (Å²) in [6, 6.07) is 11.3. The van der Waals surface area contributed by atoms with Gasteiger partial charge in [0.25, 0.3) is 0 Å². The molecule has 0 amide bonds. The van der Waals surface area contributed by atoms with E-state index >= 15 is 0 Å². The number of benzene rings is 1. The van der Waals surface area contributed by atoms with Gasteiger partial charge in [-0.15, -0.1) is 0 Å². The molecule has 3 rings (SSSR count). The number of nitrogens with zero attached hydrogens (tertiary/aromatic N) is 1. The molecule has 1 aliphatic carbocycles. The van der Waals surface area contributed by atoms with Gasteiger partial charge in [0.05, 0.1) is 7.05 Å². The largest absolute Gasteiger partial charge is 0.224 e. The summed E-state index contributed by atoms with van der Waals surface area (Å²) in [6.07, 6.45) is 5.03. The molecular weight excluding hydrogens is 270 g/mol. The van der Waals surface area contributed by atoms with Crippen LogP contribution in [0.1, 0.15) is 44.2 Å². The van der Waals surface area contributed by atoms with Crippen LogP contribution in [-0.4, -0.2) is 15.1 Å². The van der Waals surface area contributed by atoms with E-state index in [9.17, 15) is 0 Å². The Bertz CT molecular complexity index is 535. The van der Waals surface area contributed by atoms with Crippen LogP contribution in [0.15, 0.2) is 41.6 Å². The van der Waals surface area contributed by atoms with Crippen molar-refractivity contribution in [2.45, 2.75) is 38.6 Å². The van der Waals surface area contributed by atoms with Crippen LogP contribution in [0.2, 0.25) is 0 Å². The van der Waals surface area contributed by atoms with Gasteiger partial charge in [0, 0.05) is 17.6 Å². The third-order valence-corrected chi connectivity index (χ3v) is 6.31. The first-order valence-electron chi connectivity index (χ1n) is 7.00. The molecule has 1 unspecified atom stereocenters. The fourth-order valence-electron chi connectivity index (χ4n) is 3.21. The number of thiocarbonyl (C=S) groups is 1. The predicted octanol–water partition coefficient (Wildman–Crippen LogP) is 5.01.